The summed E-state index contributed by atoms with van der Waals surface area (Å²) in [6.07, 6.45) is 1.87. The van der Waals surface area contributed by atoms with E-state index in [9.17, 15) is 14.7 Å². The van der Waals surface area contributed by atoms with Gasteiger partial charge in [0.15, 0.2) is 0 Å². The number of aliphatic hydroxyl groups is 1. The predicted octanol–water partition coefficient (Wildman–Crippen LogP) is 0.225. The number of nitrogens with one attached hydrogen (secondary N) is 2. The van der Waals surface area contributed by atoms with Gasteiger partial charge in [0, 0.05) is 18.5 Å². The van der Waals surface area contributed by atoms with Crippen LogP contribution >= 0.6 is 11.3 Å². The summed E-state index contributed by atoms with van der Waals surface area (Å²) in [5, 5.41) is 17.7. The lowest BCUT2D eigenvalue weighted by molar-refractivity contribution is -0.140. The van der Waals surface area contributed by atoms with Crippen LogP contribution in [0.1, 0.15) is 17.7 Å². The Hall–Kier alpha value is -1.44. The summed E-state index contributed by atoms with van der Waals surface area (Å²) >= 11 is 1.46. The summed E-state index contributed by atoms with van der Waals surface area (Å²) in [4.78, 5) is 24.1. The van der Waals surface area contributed by atoms with E-state index in [-0.39, 0.29) is 19.0 Å². The van der Waals surface area contributed by atoms with Crippen molar-refractivity contribution in [1.82, 2.24) is 10.6 Å². The van der Waals surface area contributed by atoms with Crippen LogP contribution in [0.25, 0.3) is 0 Å². The number of thiophene rings is 1. The van der Waals surface area contributed by atoms with Gasteiger partial charge in [0.1, 0.15) is 5.60 Å². The molecule has 0 radical (unpaired) electrons. The van der Waals surface area contributed by atoms with Gasteiger partial charge in [-0.2, -0.15) is 0 Å². The Bertz CT molecular complexity index is 487. The second-order valence-electron chi connectivity index (χ2n) is 5.11. The molecule has 1 aromatic heterocycles. The lowest BCUT2D eigenvalue weighted by atomic mass is 9.95. The molecule has 0 spiro atoms. The normalized spacial score (nSPS) is 17.0. The highest BCUT2D eigenvalue weighted by atomic mass is 32.1. The van der Waals surface area contributed by atoms with Crippen LogP contribution in [0.4, 0.5) is 0 Å². The number of amides is 2. The number of hydrogen-bond acceptors (Lipinski definition) is 5. The number of rotatable bonds is 7. The molecular weight excluding hydrogens is 292 g/mol. The third kappa shape index (κ3) is 4.03. The zero-order valence-corrected chi connectivity index (χ0v) is 12.7. The first-order chi connectivity index (χ1) is 10.1. The predicted molar refractivity (Wildman–Crippen MR) is 78.8 cm³/mol. The quantitative estimate of drug-likeness (QED) is 0.497. The monoisotopic (exact) mass is 312 g/mol. The molecule has 1 aromatic rings. The molecule has 0 aliphatic heterocycles. The van der Waals surface area contributed by atoms with Gasteiger partial charge in [0.2, 0.25) is 0 Å². The summed E-state index contributed by atoms with van der Waals surface area (Å²) < 4.78 is 4.79. The lowest BCUT2D eigenvalue weighted by Gasteiger charge is -2.27. The molecule has 0 aromatic carbocycles. The van der Waals surface area contributed by atoms with Crippen molar-refractivity contribution in [1.29, 1.82) is 0 Å². The fourth-order valence-electron chi connectivity index (χ4n) is 2.16. The molecule has 1 aliphatic rings. The third-order valence-electron chi connectivity index (χ3n) is 3.52. The van der Waals surface area contributed by atoms with Crippen molar-refractivity contribution in [2.24, 2.45) is 5.92 Å². The maximum atomic E-state index is 11.7. The van der Waals surface area contributed by atoms with Crippen LogP contribution in [0.15, 0.2) is 17.5 Å². The van der Waals surface area contributed by atoms with Crippen molar-refractivity contribution in [3.05, 3.63) is 22.4 Å². The molecule has 7 heteroatoms. The Morgan fingerprint density at radius 3 is 2.71 bits per heavy atom. The van der Waals surface area contributed by atoms with Gasteiger partial charge < -0.3 is 20.5 Å². The first-order valence-electron chi connectivity index (χ1n) is 6.89. The average molecular weight is 312 g/mol. The van der Waals surface area contributed by atoms with E-state index in [1.807, 2.05) is 17.5 Å². The molecular formula is C14H20N2O4S. The van der Waals surface area contributed by atoms with Gasteiger partial charge in [-0.05, 0) is 30.2 Å². The number of carbonyl (C=O) groups excluding carboxylic acids is 2. The van der Waals surface area contributed by atoms with Crippen molar-refractivity contribution < 1.29 is 19.4 Å². The Labute approximate surface area is 127 Å². The molecule has 0 saturated heterocycles. The molecule has 6 nitrogen and oxygen atoms in total. The van der Waals surface area contributed by atoms with Gasteiger partial charge >= 0.3 is 11.8 Å². The first kappa shape index (κ1) is 15.9. The van der Waals surface area contributed by atoms with Crippen LogP contribution in [0.5, 0.6) is 0 Å². The van der Waals surface area contributed by atoms with Crippen molar-refractivity contribution in [2.75, 3.05) is 26.8 Å². The summed E-state index contributed by atoms with van der Waals surface area (Å²) in [5.41, 5.74) is -1.07. The van der Waals surface area contributed by atoms with Crippen LogP contribution in [0, 0.1) is 5.92 Å². The van der Waals surface area contributed by atoms with Gasteiger partial charge in [0.25, 0.3) is 0 Å². The number of methoxy groups -OCH3 is 1. The maximum Gasteiger partial charge on any atom is 0.309 e. The van der Waals surface area contributed by atoms with Crippen molar-refractivity contribution >= 4 is 23.2 Å². The van der Waals surface area contributed by atoms with E-state index in [4.69, 9.17) is 4.74 Å². The molecule has 1 fully saturated rings. The average Bonchev–Trinajstić information content (AvgIpc) is 3.19. The molecule has 21 heavy (non-hydrogen) atoms. The van der Waals surface area contributed by atoms with Crippen LogP contribution in [-0.4, -0.2) is 43.7 Å². The minimum atomic E-state index is -1.07. The molecule has 1 atom stereocenters. The van der Waals surface area contributed by atoms with Gasteiger partial charge in [-0.25, -0.2) is 0 Å². The lowest BCUT2D eigenvalue weighted by Crippen LogP contribution is -2.47. The SMILES string of the molecule is COCCNC(=O)C(=O)NCC(O)(c1cccs1)C1CC1. The minimum Gasteiger partial charge on any atom is -0.383 e. The van der Waals surface area contributed by atoms with E-state index in [1.165, 1.54) is 18.4 Å². The fraction of sp³-hybridized carbons (Fsp3) is 0.571. The highest BCUT2D eigenvalue weighted by molar-refractivity contribution is 7.10. The molecule has 0 bridgehead atoms. The van der Waals surface area contributed by atoms with E-state index >= 15 is 0 Å². The summed E-state index contributed by atoms with van der Waals surface area (Å²) in [6, 6.07) is 3.72. The van der Waals surface area contributed by atoms with E-state index < -0.39 is 17.4 Å². The number of carbonyl (C=O) groups is 2. The molecule has 3 N–H and O–H groups in total. The topological polar surface area (TPSA) is 87.7 Å². The van der Waals surface area contributed by atoms with Crippen molar-refractivity contribution in [2.45, 2.75) is 18.4 Å². The Morgan fingerprint density at radius 1 is 1.43 bits per heavy atom. The highest BCUT2D eigenvalue weighted by Crippen LogP contribution is 2.46. The van der Waals surface area contributed by atoms with Gasteiger partial charge in [0.05, 0.1) is 13.2 Å². The van der Waals surface area contributed by atoms with Crippen molar-refractivity contribution in [3.8, 4) is 0 Å². The molecule has 1 unspecified atom stereocenters. The summed E-state index contributed by atoms with van der Waals surface area (Å²) in [7, 11) is 1.52. The molecule has 1 aliphatic carbocycles. The minimum absolute atomic E-state index is 0.0503. The third-order valence-corrected chi connectivity index (χ3v) is 4.55. The van der Waals surface area contributed by atoms with E-state index in [2.05, 4.69) is 10.6 Å². The van der Waals surface area contributed by atoms with Crippen LogP contribution in [0.2, 0.25) is 0 Å². The smallest absolute Gasteiger partial charge is 0.309 e. The number of ether oxygens (including phenoxy) is 1. The van der Waals surface area contributed by atoms with E-state index in [0.29, 0.717) is 6.61 Å². The zero-order valence-electron chi connectivity index (χ0n) is 11.9. The molecule has 2 amide bonds. The fourth-order valence-corrected chi connectivity index (χ4v) is 3.06. The molecule has 116 valence electrons. The van der Waals surface area contributed by atoms with Crippen LogP contribution in [0.3, 0.4) is 0 Å². The Balaban J connectivity index is 1.88. The zero-order chi connectivity index (χ0) is 15.3. The maximum absolute atomic E-state index is 11.7. The van der Waals surface area contributed by atoms with Gasteiger partial charge in [-0.1, -0.05) is 6.07 Å². The number of hydrogen-bond donors (Lipinski definition) is 3. The van der Waals surface area contributed by atoms with E-state index in [0.717, 1.165) is 17.7 Å². The summed E-state index contributed by atoms with van der Waals surface area (Å²) in [5.74, 6) is -1.30. The molecule has 2 rings (SSSR count). The standard InChI is InChI=1S/C14H20N2O4S/c1-20-7-6-15-12(17)13(18)16-9-14(19,10-4-5-10)11-3-2-8-21-11/h2-3,8,10,19H,4-7,9H2,1H3,(H,15,17)(H,16,18). The second kappa shape index (κ2) is 7.02. The molecule has 1 heterocycles. The largest absolute Gasteiger partial charge is 0.383 e. The second-order valence-corrected chi connectivity index (χ2v) is 6.05. The first-order valence-corrected chi connectivity index (χ1v) is 7.77. The van der Waals surface area contributed by atoms with Gasteiger partial charge in [-0.3, -0.25) is 9.59 Å². The Kier molecular flexibility index (Phi) is 5.33. The van der Waals surface area contributed by atoms with Crippen LogP contribution < -0.4 is 10.6 Å². The van der Waals surface area contributed by atoms with Gasteiger partial charge in [-0.15, -0.1) is 11.3 Å². The molecule has 1 saturated carbocycles. The highest BCUT2D eigenvalue weighted by Gasteiger charge is 2.46. The summed E-state index contributed by atoms with van der Waals surface area (Å²) in [6.45, 7) is 0.676. The Morgan fingerprint density at radius 2 is 2.14 bits per heavy atom. The van der Waals surface area contributed by atoms with Crippen LogP contribution in [-0.2, 0) is 19.9 Å². The van der Waals surface area contributed by atoms with Crippen molar-refractivity contribution in [3.63, 3.8) is 0 Å². The van der Waals surface area contributed by atoms with E-state index in [1.54, 1.807) is 0 Å².